The second-order valence-corrected chi connectivity index (χ2v) is 2.92. The maximum absolute atomic E-state index is 5.51. The first-order valence-electron chi connectivity index (χ1n) is 3.78. The van der Waals surface area contributed by atoms with Gasteiger partial charge in [0.1, 0.15) is 0 Å². The van der Waals surface area contributed by atoms with Crippen molar-refractivity contribution in [1.29, 1.82) is 0 Å². The zero-order chi connectivity index (χ0) is 6.69. The smallest absolute Gasteiger partial charge is 0.0105 e. The largest absolute Gasteiger partial charge is 0.330 e. The van der Waals surface area contributed by atoms with Crippen molar-refractivity contribution in [3.8, 4) is 0 Å². The SMILES string of the molecule is CC(CN)[C@H]1CCCN1. The van der Waals surface area contributed by atoms with Crippen LogP contribution >= 0.6 is 0 Å². The second kappa shape index (κ2) is 3.18. The highest BCUT2D eigenvalue weighted by Crippen LogP contribution is 2.12. The minimum atomic E-state index is 0.660. The van der Waals surface area contributed by atoms with Crippen LogP contribution in [0.15, 0.2) is 0 Å². The molecule has 9 heavy (non-hydrogen) atoms. The lowest BCUT2D eigenvalue weighted by Crippen LogP contribution is -2.33. The normalized spacial score (nSPS) is 30.7. The molecule has 0 radical (unpaired) electrons. The molecule has 3 N–H and O–H groups in total. The molecule has 0 aromatic rings. The Bertz CT molecular complexity index is 77.0. The molecule has 2 heteroatoms. The molecule has 0 amide bonds. The van der Waals surface area contributed by atoms with Crippen LogP contribution in [0.25, 0.3) is 0 Å². The molecular weight excluding hydrogens is 112 g/mol. The summed E-state index contributed by atoms with van der Waals surface area (Å²) in [6.07, 6.45) is 2.65. The summed E-state index contributed by atoms with van der Waals surface area (Å²) < 4.78 is 0. The molecule has 0 bridgehead atoms. The van der Waals surface area contributed by atoms with E-state index < -0.39 is 0 Å². The highest BCUT2D eigenvalue weighted by atomic mass is 14.9. The highest BCUT2D eigenvalue weighted by Gasteiger charge is 2.18. The van der Waals surface area contributed by atoms with E-state index in [2.05, 4.69) is 12.2 Å². The van der Waals surface area contributed by atoms with Crippen molar-refractivity contribution in [2.75, 3.05) is 13.1 Å². The summed E-state index contributed by atoms with van der Waals surface area (Å²) >= 11 is 0. The van der Waals surface area contributed by atoms with E-state index in [4.69, 9.17) is 5.73 Å². The topological polar surface area (TPSA) is 38.0 Å². The number of rotatable bonds is 2. The van der Waals surface area contributed by atoms with Crippen LogP contribution in [-0.4, -0.2) is 19.1 Å². The number of nitrogens with two attached hydrogens (primary N) is 1. The lowest BCUT2D eigenvalue weighted by Gasteiger charge is -2.16. The first kappa shape index (κ1) is 7.03. The van der Waals surface area contributed by atoms with E-state index in [0.717, 1.165) is 6.54 Å². The fourth-order valence-corrected chi connectivity index (χ4v) is 1.36. The van der Waals surface area contributed by atoms with Crippen LogP contribution in [-0.2, 0) is 0 Å². The van der Waals surface area contributed by atoms with Gasteiger partial charge in [-0.05, 0) is 31.8 Å². The van der Waals surface area contributed by atoms with Gasteiger partial charge >= 0.3 is 0 Å². The number of hydrogen-bond acceptors (Lipinski definition) is 2. The van der Waals surface area contributed by atoms with Crippen molar-refractivity contribution in [3.63, 3.8) is 0 Å². The molecule has 1 saturated heterocycles. The molecule has 0 aliphatic carbocycles. The van der Waals surface area contributed by atoms with Gasteiger partial charge in [0.15, 0.2) is 0 Å². The summed E-state index contributed by atoms with van der Waals surface area (Å²) in [5.74, 6) is 0.660. The molecule has 2 nitrogen and oxygen atoms in total. The minimum Gasteiger partial charge on any atom is -0.330 e. The third-order valence-electron chi connectivity index (χ3n) is 2.16. The van der Waals surface area contributed by atoms with Gasteiger partial charge in [-0.1, -0.05) is 6.92 Å². The summed E-state index contributed by atoms with van der Waals surface area (Å²) in [6.45, 7) is 4.22. The Morgan fingerprint density at radius 2 is 2.56 bits per heavy atom. The van der Waals surface area contributed by atoms with Crippen molar-refractivity contribution in [3.05, 3.63) is 0 Å². The van der Waals surface area contributed by atoms with Gasteiger partial charge in [0.2, 0.25) is 0 Å². The Labute approximate surface area is 56.8 Å². The minimum absolute atomic E-state index is 0.660. The van der Waals surface area contributed by atoms with Crippen molar-refractivity contribution >= 4 is 0 Å². The molecular formula is C7H16N2. The first-order valence-corrected chi connectivity index (χ1v) is 3.78. The Balaban J connectivity index is 2.24. The van der Waals surface area contributed by atoms with Gasteiger partial charge in [-0.2, -0.15) is 0 Å². The van der Waals surface area contributed by atoms with Crippen LogP contribution in [0.4, 0.5) is 0 Å². The second-order valence-electron chi connectivity index (χ2n) is 2.92. The van der Waals surface area contributed by atoms with Crippen LogP contribution in [0.5, 0.6) is 0 Å². The van der Waals surface area contributed by atoms with Crippen molar-refractivity contribution < 1.29 is 0 Å². The van der Waals surface area contributed by atoms with E-state index in [9.17, 15) is 0 Å². The maximum Gasteiger partial charge on any atom is 0.0105 e. The van der Waals surface area contributed by atoms with Crippen molar-refractivity contribution in [1.82, 2.24) is 5.32 Å². The summed E-state index contributed by atoms with van der Waals surface area (Å²) in [5.41, 5.74) is 5.51. The van der Waals surface area contributed by atoms with E-state index in [0.29, 0.717) is 12.0 Å². The average Bonchev–Trinajstić information content (AvgIpc) is 2.37. The zero-order valence-electron chi connectivity index (χ0n) is 6.06. The monoisotopic (exact) mass is 128 g/mol. The average molecular weight is 128 g/mol. The van der Waals surface area contributed by atoms with Crippen LogP contribution < -0.4 is 11.1 Å². The summed E-state index contributed by atoms with van der Waals surface area (Å²) in [7, 11) is 0. The fraction of sp³-hybridized carbons (Fsp3) is 1.00. The molecule has 0 aromatic heterocycles. The van der Waals surface area contributed by atoms with Crippen LogP contribution in [0.3, 0.4) is 0 Å². The predicted molar refractivity (Wildman–Crippen MR) is 39.2 cm³/mol. The third kappa shape index (κ3) is 1.66. The van der Waals surface area contributed by atoms with Gasteiger partial charge in [0.05, 0.1) is 0 Å². The summed E-state index contributed by atoms with van der Waals surface area (Å²) in [6, 6.07) is 0.704. The van der Waals surface area contributed by atoms with E-state index in [1.165, 1.54) is 19.4 Å². The van der Waals surface area contributed by atoms with E-state index in [-0.39, 0.29) is 0 Å². The molecule has 1 heterocycles. The summed E-state index contributed by atoms with van der Waals surface area (Å²) in [5, 5.41) is 3.43. The molecule has 1 rings (SSSR count). The van der Waals surface area contributed by atoms with Gasteiger partial charge in [0, 0.05) is 6.04 Å². The molecule has 1 unspecified atom stereocenters. The Morgan fingerprint density at radius 1 is 1.78 bits per heavy atom. The van der Waals surface area contributed by atoms with E-state index in [1.807, 2.05) is 0 Å². The van der Waals surface area contributed by atoms with E-state index in [1.54, 1.807) is 0 Å². The van der Waals surface area contributed by atoms with Crippen molar-refractivity contribution in [2.24, 2.45) is 11.7 Å². The van der Waals surface area contributed by atoms with E-state index >= 15 is 0 Å². The van der Waals surface area contributed by atoms with Gasteiger partial charge in [0.25, 0.3) is 0 Å². The first-order chi connectivity index (χ1) is 4.34. The quantitative estimate of drug-likeness (QED) is 0.562. The Morgan fingerprint density at radius 3 is 3.00 bits per heavy atom. The zero-order valence-corrected chi connectivity index (χ0v) is 6.06. The molecule has 2 atom stereocenters. The van der Waals surface area contributed by atoms with Gasteiger partial charge in [-0.25, -0.2) is 0 Å². The van der Waals surface area contributed by atoms with Crippen LogP contribution in [0, 0.1) is 5.92 Å². The van der Waals surface area contributed by atoms with Crippen molar-refractivity contribution in [2.45, 2.75) is 25.8 Å². The number of hydrogen-bond donors (Lipinski definition) is 2. The molecule has 0 aromatic carbocycles. The van der Waals surface area contributed by atoms with Gasteiger partial charge < -0.3 is 11.1 Å². The fourth-order valence-electron chi connectivity index (χ4n) is 1.36. The highest BCUT2D eigenvalue weighted by molar-refractivity contribution is 4.79. The lowest BCUT2D eigenvalue weighted by molar-refractivity contribution is 0.428. The van der Waals surface area contributed by atoms with Gasteiger partial charge in [-0.15, -0.1) is 0 Å². The molecule has 0 spiro atoms. The molecule has 1 fully saturated rings. The predicted octanol–water partition coefficient (Wildman–Crippen LogP) is 0.333. The number of nitrogens with one attached hydrogen (secondary N) is 1. The lowest BCUT2D eigenvalue weighted by atomic mass is 10.0. The maximum atomic E-state index is 5.51. The third-order valence-corrected chi connectivity index (χ3v) is 2.16. The molecule has 1 aliphatic heterocycles. The van der Waals surface area contributed by atoms with Gasteiger partial charge in [-0.3, -0.25) is 0 Å². The molecule has 54 valence electrons. The Kier molecular flexibility index (Phi) is 2.49. The van der Waals surface area contributed by atoms with Crippen LogP contribution in [0.2, 0.25) is 0 Å². The standard InChI is InChI=1S/C7H16N2/c1-6(5-8)7-3-2-4-9-7/h6-7,9H,2-5,8H2,1H3/t6?,7-/m1/s1. The van der Waals surface area contributed by atoms with Crippen LogP contribution in [0.1, 0.15) is 19.8 Å². The molecule has 0 saturated carbocycles. The summed E-state index contributed by atoms with van der Waals surface area (Å²) in [4.78, 5) is 0. The Hall–Kier alpha value is -0.0800. The molecule has 1 aliphatic rings.